The fourth-order valence-electron chi connectivity index (χ4n) is 2.03. The maximum absolute atomic E-state index is 10.8. The quantitative estimate of drug-likeness (QED) is 0.590. The number of hydrogen-bond donors (Lipinski definition) is 0. The molecule has 1 aromatic rings. The number of methoxy groups -OCH3 is 1. The molecule has 1 aromatic carbocycles. The Morgan fingerprint density at radius 3 is 2.78 bits per heavy atom. The normalized spacial score (nSPS) is 15.6. The monoisotopic (exact) mass is 247 g/mol. The third kappa shape index (κ3) is 2.70. The molecule has 4 nitrogen and oxygen atoms in total. The molecule has 0 spiro atoms. The summed E-state index contributed by atoms with van der Waals surface area (Å²) in [6.45, 7) is 1.78. The summed E-state index contributed by atoms with van der Waals surface area (Å²) < 4.78 is 5.36. The number of hydrogen-bond acceptors (Lipinski definition) is 3. The van der Waals surface area contributed by atoms with Crippen molar-refractivity contribution in [3.8, 4) is 5.75 Å². The van der Waals surface area contributed by atoms with Crippen molar-refractivity contribution in [1.82, 2.24) is 0 Å². The molecule has 0 N–H and O–H groups in total. The summed E-state index contributed by atoms with van der Waals surface area (Å²) in [5.74, 6) is 1.45. The fourth-order valence-corrected chi connectivity index (χ4v) is 2.03. The molecular weight excluding hydrogens is 230 g/mol. The summed E-state index contributed by atoms with van der Waals surface area (Å²) in [5.41, 5.74) is 2.26. The van der Waals surface area contributed by atoms with Crippen LogP contribution < -0.4 is 4.74 Å². The van der Waals surface area contributed by atoms with Gasteiger partial charge in [0.1, 0.15) is 5.75 Å². The van der Waals surface area contributed by atoms with Crippen molar-refractivity contribution in [2.24, 2.45) is 0 Å². The average molecular weight is 247 g/mol. The molecule has 0 aromatic heterocycles. The molecule has 0 radical (unpaired) electrons. The van der Waals surface area contributed by atoms with Crippen molar-refractivity contribution in [2.45, 2.75) is 32.1 Å². The van der Waals surface area contributed by atoms with Gasteiger partial charge in [0.05, 0.1) is 12.0 Å². The van der Waals surface area contributed by atoms with E-state index in [1.54, 1.807) is 20.1 Å². The Kier molecular flexibility index (Phi) is 3.65. The zero-order chi connectivity index (χ0) is 13.1. The molecule has 0 atom stereocenters. The molecule has 96 valence electrons. The standard InChI is InChI=1S/C14H17NO3/c1-3-12(15(16)17)8-10-4-7-13(11-5-6-11)14(9-10)18-2/h4,7-9,11H,3,5-6H2,1-2H3. The van der Waals surface area contributed by atoms with Crippen molar-refractivity contribution in [3.63, 3.8) is 0 Å². The van der Waals surface area contributed by atoms with Gasteiger partial charge in [0.2, 0.25) is 5.70 Å². The van der Waals surface area contributed by atoms with E-state index in [9.17, 15) is 10.1 Å². The predicted molar refractivity (Wildman–Crippen MR) is 70.2 cm³/mol. The van der Waals surface area contributed by atoms with E-state index in [1.165, 1.54) is 18.4 Å². The number of benzene rings is 1. The third-order valence-corrected chi connectivity index (χ3v) is 3.20. The van der Waals surface area contributed by atoms with Gasteiger partial charge in [-0.15, -0.1) is 0 Å². The lowest BCUT2D eigenvalue weighted by Gasteiger charge is -2.08. The van der Waals surface area contributed by atoms with Gasteiger partial charge in [-0.1, -0.05) is 19.1 Å². The zero-order valence-corrected chi connectivity index (χ0v) is 10.7. The molecule has 1 saturated carbocycles. The lowest BCUT2D eigenvalue weighted by atomic mass is 10.1. The smallest absolute Gasteiger partial charge is 0.246 e. The van der Waals surface area contributed by atoms with Crippen molar-refractivity contribution >= 4 is 6.08 Å². The zero-order valence-electron chi connectivity index (χ0n) is 10.7. The van der Waals surface area contributed by atoms with E-state index in [2.05, 4.69) is 0 Å². The Morgan fingerprint density at radius 2 is 2.28 bits per heavy atom. The molecule has 1 fully saturated rings. The highest BCUT2D eigenvalue weighted by molar-refractivity contribution is 5.56. The van der Waals surface area contributed by atoms with Crippen LogP contribution >= 0.6 is 0 Å². The summed E-state index contributed by atoms with van der Waals surface area (Å²) in [6.07, 6.45) is 4.44. The van der Waals surface area contributed by atoms with Crippen LogP contribution in [0.1, 0.15) is 43.2 Å². The van der Waals surface area contributed by atoms with Gasteiger partial charge in [-0.25, -0.2) is 0 Å². The molecule has 0 unspecified atom stereocenters. The third-order valence-electron chi connectivity index (χ3n) is 3.20. The first-order valence-corrected chi connectivity index (χ1v) is 6.18. The van der Waals surface area contributed by atoms with Gasteiger partial charge in [-0.2, -0.15) is 0 Å². The van der Waals surface area contributed by atoms with Crippen LogP contribution in [0.5, 0.6) is 5.75 Å². The van der Waals surface area contributed by atoms with Crippen LogP contribution in [0.25, 0.3) is 6.08 Å². The number of allylic oxidation sites excluding steroid dienone is 1. The van der Waals surface area contributed by atoms with Crippen LogP contribution in [0.3, 0.4) is 0 Å². The highest BCUT2D eigenvalue weighted by atomic mass is 16.6. The maximum atomic E-state index is 10.8. The van der Waals surface area contributed by atoms with Crippen LogP contribution in [-0.4, -0.2) is 12.0 Å². The van der Waals surface area contributed by atoms with Gasteiger partial charge in [-0.3, -0.25) is 10.1 Å². The van der Waals surface area contributed by atoms with Crippen LogP contribution in [0.15, 0.2) is 23.9 Å². The van der Waals surface area contributed by atoms with Crippen LogP contribution in [-0.2, 0) is 0 Å². The molecule has 1 aliphatic carbocycles. The first-order chi connectivity index (χ1) is 8.65. The second-order valence-corrected chi connectivity index (χ2v) is 4.52. The second-order valence-electron chi connectivity index (χ2n) is 4.52. The number of nitrogens with zero attached hydrogens (tertiary/aromatic N) is 1. The summed E-state index contributed by atoms with van der Waals surface area (Å²) in [5, 5.41) is 10.8. The lowest BCUT2D eigenvalue weighted by Crippen LogP contribution is -1.97. The highest BCUT2D eigenvalue weighted by Gasteiger charge is 2.26. The van der Waals surface area contributed by atoms with Crippen molar-refractivity contribution in [1.29, 1.82) is 0 Å². The summed E-state index contributed by atoms with van der Waals surface area (Å²) in [6, 6.07) is 5.83. The van der Waals surface area contributed by atoms with E-state index >= 15 is 0 Å². The molecule has 2 rings (SSSR count). The predicted octanol–water partition coefficient (Wildman–Crippen LogP) is 3.60. The van der Waals surface area contributed by atoms with Gasteiger partial charge in [0.15, 0.2) is 0 Å². The lowest BCUT2D eigenvalue weighted by molar-refractivity contribution is -0.425. The Balaban J connectivity index is 2.32. The van der Waals surface area contributed by atoms with E-state index in [1.807, 2.05) is 18.2 Å². The van der Waals surface area contributed by atoms with Crippen molar-refractivity contribution in [3.05, 3.63) is 45.1 Å². The van der Waals surface area contributed by atoms with Gasteiger partial charge in [0.25, 0.3) is 0 Å². The minimum absolute atomic E-state index is 0.219. The Labute approximate surface area is 106 Å². The molecule has 4 heteroatoms. The molecule has 0 amide bonds. The van der Waals surface area contributed by atoms with Crippen LogP contribution in [0, 0.1) is 10.1 Å². The number of ether oxygens (including phenoxy) is 1. The van der Waals surface area contributed by atoms with Crippen molar-refractivity contribution < 1.29 is 9.66 Å². The maximum Gasteiger partial charge on any atom is 0.246 e. The topological polar surface area (TPSA) is 52.4 Å². The number of nitro groups is 1. The van der Waals surface area contributed by atoms with E-state index < -0.39 is 0 Å². The van der Waals surface area contributed by atoms with E-state index in [4.69, 9.17) is 4.74 Å². The molecule has 0 aliphatic heterocycles. The Hall–Kier alpha value is -1.84. The first-order valence-electron chi connectivity index (χ1n) is 6.18. The van der Waals surface area contributed by atoms with Gasteiger partial charge >= 0.3 is 0 Å². The van der Waals surface area contributed by atoms with Crippen molar-refractivity contribution in [2.75, 3.05) is 7.11 Å². The van der Waals surface area contributed by atoms with Gasteiger partial charge in [0, 0.05) is 12.5 Å². The first kappa shape index (κ1) is 12.6. The molecule has 0 saturated heterocycles. The Morgan fingerprint density at radius 1 is 1.56 bits per heavy atom. The molecule has 0 heterocycles. The number of rotatable bonds is 5. The minimum Gasteiger partial charge on any atom is -0.496 e. The Bertz CT molecular complexity index is 490. The minimum atomic E-state index is -0.332. The summed E-state index contributed by atoms with van der Waals surface area (Å²) in [7, 11) is 1.64. The van der Waals surface area contributed by atoms with E-state index in [0.29, 0.717) is 12.3 Å². The van der Waals surface area contributed by atoms with Crippen LogP contribution in [0.2, 0.25) is 0 Å². The largest absolute Gasteiger partial charge is 0.496 e. The SMILES string of the molecule is CCC(=Cc1ccc(C2CC2)c(OC)c1)[N+](=O)[O-]. The average Bonchev–Trinajstić information content (AvgIpc) is 3.19. The second kappa shape index (κ2) is 5.21. The van der Waals surface area contributed by atoms with Gasteiger partial charge in [-0.05, 0) is 36.0 Å². The van der Waals surface area contributed by atoms with E-state index in [-0.39, 0.29) is 10.6 Å². The molecular formula is C14H17NO3. The summed E-state index contributed by atoms with van der Waals surface area (Å²) in [4.78, 5) is 10.4. The highest BCUT2D eigenvalue weighted by Crippen LogP contribution is 2.44. The molecule has 1 aliphatic rings. The molecule has 18 heavy (non-hydrogen) atoms. The van der Waals surface area contributed by atoms with E-state index in [0.717, 1.165) is 11.3 Å². The molecule has 0 bridgehead atoms. The summed E-state index contributed by atoms with van der Waals surface area (Å²) >= 11 is 0. The van der Waals surface area contributed by atoms with Crippen LogP contribution in [0.4, 0.5) is 0 Å². The fraction of sp³-hybridized carbons (Fsp3) is 0.429. The van der Waals surface area contributed by atoms with Gasteiger partial charge < -0.3 is 4.74 Å².